The van der Waals surface area contributed by atoms with E-state index in [1.165, 1.54) is 37.5 Å². The summed E-state index contributed by atoms with van der Waals surface area (Å²) < 4.78 is 79.9. The van der Waals surface area contributed by atoms with Gasteiger partial charge in [-0.3, -0.25) is 0 Å². The summed E-state index contributed by atoms with van der Waals surface area (Å²) in [6.07, 6.45) is -1.43. The van der Waals surface area contributed by atoms with Gasteiger partial charge in [-0.15, -0.1) is 0 Å². The summed E-state index contributed by atoms with van der Waals surface area (Å²) in [6.45, 7) is 3.74. The van der Waals surface area contributed by atoms with E-state index in [-0.39, 0.29) is 0 Å². The maximum atomic E-state index is 12.6. The van der Waals surface area contributed by atoms with Crippen molar-refractivity contribution >= 4 is 24.1 Å². The van der Waals surface area contributed by atoms with Crippen molar-refractivity contribution in [1.82, 2.24) is 0 Å². The van der Waals surface area contributed by atoms with Gasteiger partial charge in [-0.05, 0) is 71.5 Å². The number of alkyl halides is 6. The lowest BCUT2D eigenvalue weighted by molar-refractivity contribution is -0.138. The number of carboxylic acids is 1. The topological polar surface area (TPSA) is 63.6 Å². The Balaban J connectivity index is 0.000000371. The fourth-order valence-electron chi connectivity index (χ4n) is 3.25. The van der Waals surface area contributed by atoms with Gasteiger partial charge < -0.3 is 9.84 Å². The predicted octanol–water partition coefficient (Wildman–Crippen LogP) is 7.60. The number of carbonyl (C=O) groups excluding carboxylic acids is 1. The number of hydrogen-bond donors (Lipinski definition) is 1. The highest BCUT2D eigenvalue weighted by Crippen LogP contribution is 2.32. The number of carbonyl (C=O) groups is 2. The summed E-state index contributed by atoms with van der Waals surface area (Å²) in [4.78, 5) is 21.4. The number of aliphatic carboxylic acids is 1. The Morgan fingerprint density at radius 2 is 1.19 bits per heavy atom. The number of rotatable bonds is 8. The van der Waals surface area contributed by atoms with Gasteiger partial charge in [0.2, 0.25) is 0 Å². The molecule has 2 aromatic carbocycles. The number of aryl methyl sites for hydroxylation is 2. The molecule has 0 amide bonds. The minimum absolute atomic E-state index is 0.475. The molecular weight excluding hydrogens is 502 g/mol. The number of esters is 1. The Morgan fingerprint density at radius 3 is 1.51 bits per heavy atom. The predicted molar refractivity (Wildman–Crippen MR) is 129 cm³/mol. The molecule has 2 aromatic rings. The van der Waals surface area contributed by atoms with Crippen LogP contribution in [0, 0.1) is 0 Å². The number of ether oxygens (including phenoxy) is 1. The summed E-state index contributed by atoms with van der Waals surface area (Å²) in [6, 6.07) is 6.84. The summed E-state index contributed by atoms with van der Waals surface area (Å²) >= 11 is 0. The van der Waals surface area contributed by atoms with Gasteiger partial charge in [-0.1, -0.05) is 38.8 Å². The molecule has 0 spiro atoms. The van der Waals surface area contributed by atoms with Crippen LogP contribution in [0.15, 0.2) is 48.6 Å². The third-order valence-electron chi connectivity index (χ3n) is 4.98. The van der Waals surface area contributed by atoms with Gasteiger partial charge in [0.1, 0.15) is 0 Å². The fourth-order valence-corrected chi connectivity index (χ4v) is 3.25. The molecule has 202 valence electrons. The lowest BCUT2D eigenvalue weighted by Crippen LogP contribution is -2.06. The highest BCUT2D eigenvalue weighted by molar-refractivity contribution is 5.87. The van der Waals surface area contributed by atoms with Crippen LogP contribution >= 0.6 is 0 Å². The molecule has 0 bridgehead atoms. The van der Waals surface area contributed by atoms with Gasteiger partial charge in [0.15, 0.2) is 0 Å². The van der Waals surface area contributed by atoms with Crippen LogP contribution in [-0.2, 0) is 39.5 Å². The van der Waals surface area contributed by atoms with E-state index in [1.807, 2.05) is 13.8 Å². The standard InChI is InChI=1S/C14H15F3O2.C13H13F3O2/c1-3-4-11-9-12(14(15,16)17)7-5-10(11)6-8-13(18)19-2;1-2-3-10-8-11(13(14,15)16)6-4-9(10)5-7-12(17)18/h5-9H,3-4H2,1-2H3;4-8H,2-3H2,1H3,(H,17,18). The van der Waals surface area contributed by atoms with E-state index >= 15 is 0 Å². The molecule has 4 nitrogen and oxygen atoms in total. The minimum atomic E-state index is -4.38. The summed E-state index contributed by atoms with van der Waals surface area (Å²) in [5.74, 6) is -1.67. The van der Waals surface area contributed by atoms with E-state index in [2.05, 4.69) is 4.74 Å². The zero-order valence-electron chi connectivity index (χ0n) is 20.5. The smallest absolute Gasteiger partial charge is 0.416 e. The quantitative estimate of drug-likeness (QED) is 0.217. The van der Waals surface area contributed by atoms with Crippen LogP contribution in [0.1, 0.15) is 60.1 Å². The number of benzene rings is 2. The van der Waals surface area contributed by atoms with Crippen molar-refractivity contribution < 1.29 is 45.8 Å². The van der Waals surface area contributed by atoms with Gasteiger partial charge in [-0.2, -0.15) is 26.3 Å². The first kappa shape index (κ1) is 31.5. The van der Waals surface area contributed by atoms with Gasteiger partial charge in [0.25, 0.3) is 0 Å². The van der Waals surface area contributed by atoms with Gasteiger partial charge in [0, 0.05) is 12.2 Å². The van der Waals surface area contributed by atoms with Crippen LogP contribution in [0.2, 0.25) is 0 Å². The highest BCUT2D eigenvalue weighted by atomic mass is 19.4. The maximum Gasteiger partial charge on any atom is 0.416 e. The molecule has 0 saturated carbocycles. The monoisotopic (exact) mass is 530 g/mol. The van der Waals surface area contributed by atoms with E-state index in [4.69, 9.17) is 5.11 Å². The second-order valence-electron chi connectivity index (χ2n) is 7.85. The van der Waals surface area contributed by atoms with Crippen molar-refractivity contribution in [3.63, 3.8) is 0 Å². The van der Waals surface area contributed by atoms with Gasteiger partial charge in [0.05, 0.1) is 18.2 Å². The van der Waals surface area contributed by atoms with Crippen LogP contribution in [0.3, 0.4) is 0 Å². The second-order valence-corrected chi connectivity index (χ2v) is 7.85. The Hall–Kier alpha value is -3.56. The third kappa shape index (κ3) is 10.9. The lowest BCUT2D eigenvalue weighted by atomic mass is 9.99. The van der Waals surface area contributed by atoms with Crippen LogP contribution < -0.4 is 0 Å². The summed E-state index contributed by atoms with van der Waals surface area (Å²) in [7, 11) is 1.24. The summed E-state index contributed by atoms with van der Waals surface area (Å²) in [5.41, 5.74) is 0.791. The highest BCUT2D eigenvalue weighted by Gasteiger charge is 2.31. The Bertz CT molecular complexity index is 1110. The molecular formula is C27H28F6O4. The molecule has 0 aliphatic rings. The van der Waals surface area contributed by atoms with Crippen molar-refractivity contribution in [2.24, 2.45) is 0 Å². The first-order valence-electron chi connectivity index (χ1n) is 11.3. The molecule has 0 aliphatic heterocycles. The van der Waals surface area contributed by atoms with Crippen molar-refractivity contribution in [2.75, 3.05) is 7.11 Å². The number of hydrogen-bond acceptors (Lipinski definition) is 3. The summed E-state index contributed by atoms with van der Waals surface area (Å²) in [5, 5.41) is 8.51. The van der Waals surface area contributed by atoms with E-state index in [9.17, 15) is 35.9 Å². The average Bonchev–Trinajstić information content (AvgIpc) is 2.81. The maximum absolute atomic E-state index is 12.6. The number of carboxylic acid groups (broad SMARTS) is 1. The Morgan fingerprint density at radius 1 is 0.784 bits per heavy atom. The van der Waals surface area contributed by atoms with Crippen LogP contribution in [0.25, 0.3) is 12.2 Å². The fraction of sp³-hybridized carbons (Fsp3) is 0.333. The molecule has 0 aliphatic carbocycles. The first-order valence-corrected chi connectivity index (χ1v) is 11.3. The van der Waals surface area contributed by atoms with E-state index < -0.39 is 35.4 Å². The molecule has 0 radical (unpaired) electrons. The van der Waals surface area contributed by atoms with Gasteiger partial charge in [-0.25, -0.2) is 9.59 Å². The Labute approximate surface area is 211 Å². The molecule has 2 rings (SSSR count). The average molecular weight is 531 g/mol. The third-order valence-corrected chi connectivity index (χ3v) is 4.98. The van der Waals surface area contributed by atoms with E-state index in [0.717, 1.165) is 36.8 Å². The van der Waals surface area contributed by atoms with Crippen LogP contribution in [-0.4, -0.2) is 24.2 Å². The molecule has 0 aromatic heterocycles. The second kappa shape index (κ2) is 14.2. The molecule has 0 heterocycles. The van der Waals surface area contributed by atoms with Gasteiger partial charge >= 0.3 is 24.3 Å². The first-order chi connectivity index (χ1) is 17.2. The van der Waals surface area contributed by atoms with Crippen molar-refractivity contribution in [3.8, 4) is 0 Å². The van der Waals surface area contributed by atoms with Crippen molar-refractivity contribution in [2.45, 2.75) is 51.9 Å². The molecule has 1 N–H and O–H groups in total. The largest absolute Gasteiger partial charge is 0.478 e. The minimum Gasteiger partial charge on any atom is -0.478 e. The molecule has 0 atom stereocenters. The lowest BCUT2D eigenvalue weighted by Gasteiger charge is -2.11. The SMILES string of the molecule is CCCc1cc(C(F)(F)F)ccc1C=CC(=O)O.CCCc1cc(C(F)(F)F)ccc1C=CC(=O)OC. The Kier molecular flexibility index (Phi) is 12.1. The van der Waals surface area contributed by atoms with Crippen LogP contribution in [0.4, 0.5) is 26.3 Å². The molecule has 0 saturated heterocycles. The van der Waals surface area contributed by atoms with Crippen molar-refractivity contribution in [3.05, 3.63) is 81.9 Å². The van der Waals surface area contributed by atoms with Crippen LogP contribution in [0.5, 0.6) is 0 Å². The zero-order chi connectivity index (χ0) is 28.2. The number of methoxy groups -OCH3 is 1. The normalized spacial score (nSPS) is 11.9. The van der Waals surface area contributed by atoms with E-state index in [0.29, 0.717) is 41.5 Å². The molecule has 0 unspecified atom stereocenters. The number of halogens is 6. The van der Waals surface area contributed by atoms with Crippen molar-refractivity contribution in [1.29, 1.82) is 0 Å². The van der Waals surface area contributed by atoms with E-state index in [1.54, 1.807) is 0 Å². The zero-order valence-corrected chi connectivity index (χ0v) is 20.5. The molecule has 37 heavy (non-hydrogen) atoms. The molecule has 0 fully saturated rings. The molecule has 10 heteroatoms.